The zero-order valence-corrected chi connectivity index (χ0v) is 19.0. The Morgan fingerprint density at radius 2 is 2.13 bits per heavy atom. The van der Waals surface area contributed by atoms with Crippen LogP contribution in [0, 0.1) is 18.8 Å². The van der Waals surface area contributed by atoms with E-state index in [1.165, 1.54) is 54.5 Å². The molecule has 0 N–H and O–H groups in total. The molecule has 31 heavy (non-hydrogen) atoms. The van der Waals surface area contributed by atoms with E-state index in [0.717, 1.165) is 25.4 Å². The molecular weight excluding hydrogens is 382 g/mol. The number of fused-ring (bicyclic) bond motifs is 3. The predicted octanol–water partition coefficient (Wildman–Crippen LogP) is 5.70. The van der Waals surface area contributed by atoms with Gasteiger partial charge in [-0.25, -0.2) is 0 Å². The average Bonchev–Trinajstić information content (AvgIpc) is 2.92. The molecule has 0 radical (unpaired) electrons. The lowest BCUT2D eigenvalue weighted by Crippen LogP contribution is -2.49. The Balaban J connectivity index is 1.49. The number of hydrogen-bond acceptors (Lipinski definition) is 3. The molecule has 1 saturated carbocycles. The van der Waals surface area contributed by atoms with E-state index in [2.05, 4.69) is 60.9 Å². The zero-order valence-electron chi connectivity index (χ0n) is 19.0. The van der Waals surface area contributed by atoms with Crippen LogP contribution in [0.1, 0.15) is 42.4 Å². The van der Waals surface area contributed by atoms with E-state index in [-0.39, 0.29) is 11.5 Å². The first kappa shape index (κ1) is 20.6. The molecule has 0 bridgehead atoms. The molecule has 0 saturated heterocycles. The topological polar surface area (TPSA) is 21.7 Å². The Labute approximate surface area is 187 Å². The maximum Gasteiger partial charge on any atom is 0.142 e. The fourth-order valence-electron chi connectivity index (χ4n) is 6.21. The SMILES string of the molecule is C=C[C@H](OC)[C@@H]1CC[C@H]1CN1C[C@@]2(CCCc3cc(C)ccc32)COc2ccccc21. The molecule has 0 unspecified atom stereocenters. The summed E-state index contributed by atoms with van der Waals surface area (Å²) in [6.45, 7) is 9.06. The monoisotopic (exact) mass is 417 g/mol. The molecule has 0 amide bonds. The van der Waals surface area contributed by atoms with Gasteiger partial charge in [-0.05, 0) is 74.1 Å². The van der Waals surface area contributed by atoms with Crippen molar-refractivity contribution < 1.29 is 9.47 Å². The van der Waals surface area contributed by atoms with Gasteiger partial charge in [-0.2, -0.15) is 0 Å². The van der Waals surface area contributed by atoms with Crippen LogP contribution in [-0.2, 0) is 16.6 Å². The van der Waals surface area contributed by atoms with Crippen molar-refractivity contribution in [3.8, 4) is 5.75 Å². The summed E-state index contributed by atoms with van der Waals surface area (Å²) >= 11 is 0. The minimum absolute atomic E-state index is 0.0542. The highest BCUT2D eigenvalue weighted by molar-refractivity contribution is 5.60. The molecule has 2 aromatic rings. The lowest BCUT2D eigenvalue weighted by atomic mass is 9.68. The summed E-state index contributed by atoms with van der Waals surface area (Å²) in [5.41, 5.74) is 5.69. The van der Waals surface area contributed by atoms with E-state index in [1.807, 2.05) is 13.2 Å². The van der Waals surface area contributed by atoms with E-state index in [4.69, 9.17) is 9.47 Å². The Bertz CT molecular complexity index is 954. The van der Waals surface area contributed by atoms with Crippen LogP contribution in [0.4, 0.5) is 5.69 Å². The molecule has 3 heteroatoms. The standard InChI is InChI=1S/C28H35NO2/c1-4-26(30-3)23-13-12-22(23)17-29-18-28(19-31-27-10-6-5-9-25(27)29)15-7-8-21-16-20(2)11-14-24(21)28/h4-6,9-11,14,16,22-23,26H,1,7-8,12-13,15,17-19H2,2-3H3/t22-,23+,26-,28-/m0/s1. The van der Waals surface area contributed by atoms with E-state index in [9.17, 15) is 0 Å². The van der Waals surface area contributed by atoms with Gasteiger partial charge in [0, 0.05) is 25.6 Å². The quantitative estimate of drug-likeness (QED) is 0.583. The average molecular weight is 418 g/mol. The van der Waals surface area contributed by atoms with Gasteiger partial charge in [-0.3, -0.25) is 0 Å². The van der Waals surface area contributed by atoms with Gasteiger partial charge < -0.3 is 14.4 Å². The third kappa shape index (κ3) is 3.67. The third-order valence-corrected chi connectivity index (χ3v) is 7.99. The first-order chi connectivity index (χ1) is 15.1. The van der Waals surface area contributed by atoms with Crippen LogP contribution in [0.3, 0.4) is 0 Å². The van der Waals surface area contributed by atoms with Crippen LogP contribution in [0.25, 0.3) is 0 Å². The Morgan fingerprint density at radius 3 is 2.90 bits per heavy atom. The molecular formula is C28H35NO2. The highest BCUT2D eigenvalue weighted by Gasteiger charge is 2.44. The number of hydrogen-bond donors (Lipinski definition) is 0. The summed E-state index contributed by atoms with van der Waals surface area (Å²) in [6.07, 6.45) is 8.25. The van der Waals surface area contributed by atoms with Crippen LogP contribution in [0.2, 0.25) is 0 Å². The highest BCUT2D eigenvalue weighted by atomic mass is 16.5. The summed E-state index contributed by atoms with van der Waals surface area (Å²) in [5, 5.41) is 0. The van der Waals surface area contributed by atoms with Crippen LogP contribution >= 0.6 is 0 Å². The minimum Gasteiger partial charge on any atom is -0.490 e. The summed E-state index contributed by atoms with van der Waals surface area (Å²) in [5.74, 6) is 2.23. The van der Waals surface area contributed by atoms with Gasteiger partial charge in [0.25, 0.3) is 0 Å². The maximum absolute atomic E-state index is 6.53. The number of aryl methyl sites for hydroxylation is 2. The van der Waals surface area contributed by atoms with Crippen LogP contribution in [0.5, 0.6) is 5.75 Å². The van der Waals surface area contributed by atoms with E-state index in [0.29, 0.717) is 11.8 Å². The van der Waals surface area contributed by atoms with Crippen LogP contribution in [0.15, 0.2) is 55.1 Å². The Hall–Kier alpha value is -2.26. The number of para-hydroxylation sites is 2. The van der Waals surface area contributed by atoms with Gasteiger partial charge in [0.2, 0.25) is 0 Å². The third-order valence-electron chi connectivity index (χ3n) is 7.99. The number of ether oxygens (including phenoxy) is 2. The van der Waals surface area contributed by atoms with Crippen molar-refractivity contribution in [3.05, 3.63) is 71.8 Å². The second-order valence-electron chi connectivity index (χ2n) is 9.87. The second-order valence-corrected chi connectivity index (χ2v) is 9.87. The van der Waals surface area contributed by atoms with Crippen molar-refractivity contribution in [1.29, 1.82) is 0 Å². The van der Waals surface area contributed by atoms with Crippen molar-refractivity contribution >= 4 is 5.69 Å². The summed E-state index contributed by atoms with van der Waals surface area (Å²) in [7, 11) is 1.81. The van der Waals surface area contributed by atoms with Gasteiger partial charge in [-0.15, -0.1) is 6.58 Å². The molecule has 1 fully saturated rings. The largest absolute Gasteiger partial charge is 0.490 e. The number of rotatable bonds is 5. The normalized spacial score (nSPS) is 28.0. The first-order valence-electron chi connectivity index (χ1n) is 11.9. The molecule has 0 aromatic heterocycles. The first-order valence-corrected chi connectivity index (χ1v) is 11.9. The number of anilines is 1. The molecule has 3 nitrogen and oxygen atoms in total. The fraction of sp³-hybridized carbons (Fsp3) is 0.500. The molecule has 3 aliphatic rings. The zero-order chi connectivity index (χ0) is 21.4. The second kappa shape index (κ2) is 8.35. The molecule has 1 spiro atoms. The minimum atomic E-state index is 0.0542. The van der Waals surface area contributed by atoms with Crippen molar-refractivity contribution in [1.82, 2.24) is 0 Å². The van der Waals surface area contributed by atoms with Gasteiger partial charge in [0.1, 0.15) is 5.75 Å². The lowest BCUT2D eigenvalue weighted by Gasteiger charge is -2.46. The van der Waals surface area contributed by atoms with Crippen LogP contribution < -0.4 is 9.64 Å². The number of benzene rings is 2. The summed E-state index contributed by atoms with van der Waals surface area (Å²) in [6, 6.07) is 15.7. The molecule has 5 rings (SSSR count). The highest BCUT2D eigenvalue weighted by Crippen LogP contribution is 2.46. The number of methoxy groups -OCH3 is 1. The molecule has 1 heterocycles. The van der Waals surface area contributed by atoms with Crippen LogP contribution in [-0.4, -0.2) is 32.9 Å². The molecule has 2 aliphatic carbocycles. The van der Waals surface area contributed by atoms with E-state index >= 15 is 0 Å². The van der Waals surface area contributed by atoms with Gasteiger partial charge >= 0.3 is 0 Å². The van der Waals surface area contributed by atoms with Gasteiger partial charge in [0.05, 0.1) is 18.4 Å². The molecule has 164 valence electrons. The Morgan fingerprint density at radius 1 is 1.26 bits per heavy atom. The predicted molar refractivity (Wildman–Crippen MR) is 127 cm³/mol. The fourth-order valence-corrected chi connectivity index (χ4v) is 6.21. The van der Waals surface area contributed by atoms with Crippen molar-refractivity contribution in [2.24, 2.45) is 11.8 Å². The van der Waals surface area contributed by atoms with Crippen molar-refractivity contribution in [2.75, 3.05) is 31.7 Å². The summed E-state index contributed by atoms with van der Waals surface area (Å²) < 4.78 is 12.2. The van der Waals surface area contributed by atoms with Gasteiger partial charge in [0.15, 0.2) is 0 Å². The molecule has 1 aliphatic heterocycles. The van der Waals surface area contributed by atoms with Gasteiger partial charge in [-0.1, -0.05) is 42.0 Å². The molecule has 4 atom stereocenters. The van der Waals surface area contributed by atoms with Crippen molar-refractivity contribution in [3.63, 3.8) is 0 Å². The number of nitrogens with zero attached hydrogens (tertiary/aromatic N) is 1. The van der Waals surface area contributed by atoms with E-state index < -0.39 is 0 Å². The Kier molecular flexibility index (Phi) is 5.56. The maximum atomic E-state index is 6.53. The van der Waals surface area contributed by atoms with Crippen molar-refractivity contribution in [2.45, 2.75) is 50.5 Å². The smallest absolute Gasteiger partial charge is 0.142 e. The summed E-state index contributed by atoms with van der Waals surface area (Å²) in [4.78, 5) is 2.63. The molecule has 2 aromatic carbocycles. The van der Waals surface area contributed by atoms with E-state index in [1.54, 1.807) is 0 Å². The lowest BCUT2D eigenvalue weighted by molar-refractivity contribution is 0.0135.